The minimum Gasteiger partial charge on any atom is -0.497 e. The van der Waals surface area contributed by atoms with Gasteiger partial charge < -0.3 is 19.7 Å². The number of benzene rings is 3. The zero-order valence-electron chi connectivity index (χ0n) is 16.3. The Morgan fingerprint density at radius 1 is 0.933 bits per heavy atom. The number of aromatic carboxylic acids is 1. The van der Waals surface area contributed by atoms with Gasteiger partial charge in [-0.05, 0) is 35.9 Å². The molecule has 0 radical (unpaired) electrons. The van der Waals surface area contributed by atoms with Crippen LogP contribution < -0.4 is 10.1 Å². The first-order chi connectivity index (χ1) is 14.6. The third kappa shape index (κ3) is 3.75. The van der Waals surface area contributed by atoms with Crippen LogP contribution in [0.4, 0.5) is 5.69 Å². The van der Waals surface area contributed by atoms with E-state index in [0.29, 0.717) is 12.1 Å². The Hall–Kier alpha value is -4.06. The summed E-state index contributed by atoms with van der Waals surface area (Å²) >= 11 is 0. The Kier molecular flexibility index (Phi) is 5.22. The number of anilines is 1. The largest absolute Gasteiger partial charge is 0.497 e. The molecule has 0 fully saturated rings. The maximum atomic E-state index is 13.0. The molecule has 0 unspecified atom stereocenters. The maximum Gasteiger partial charge on any atom is 0.337 e. The number of aromatic nitrogens is 1. The van der Waals surface area contributed by atoms with Crippen LogP contribution >= 0.6 is 0 Å². The van der Waals surface area contributed by atoms with E-state index >= 15 is 0 Å². The van der Waals surface area contributed by atoms with E-state index in [1.54, 1.807) is 31.5 Å². The summed E-state index contributed by atoms with van der Waals surface area (Å²) in [5.41, 5.74) is 2.79. The van der Waals surface area contributed by atoms with Gasteiger partial charge in [0.2, 0.25) is 0 Å². The van der Waals surface area contributed by atoms with Crippen LogP contribution in [0.2, 0.25) is 0 Å². The number of para-hydroxylation sites is 2. The number of hydrogen-bond acceptors (Lipinski definition) is 3. The molecule has 2 N–H and O–H groups in total. The number of hydrogen-bond donors (Lipinski definition) is 2. The molecule has 6 nitrogen and oxygen atoms in total. The molecule has 150 valence electrons. The predicted molar refractivity (Wildman–Crippen MR) is 115 cm³/mol. The number of carbonyl (C=O) groups excluding carboxylic acids is 1. The van der Waals surface area contributed by atoms with E-state index in [1.807, 2.05) is 53.1 Å². The monoisotopic (exact) mass is 400 g/mol. The second-order valence-electron chi connectivity index (χ2n) is 6.84. The van der Waals surface area contributed by atoms with Crippen molar-refractivity contribution in [2.75, 3.05) is 12.4 Å². The summed E-state index contributed by atoms with van der Waals surface area (Å²) in [4.78, 5) is 24.5. The average Bonchev–Trinajstić information content (AvgIpc) is 3.13. The fourth-order valence-electron chi connectivity index (χ4n) is 3.45. The molecule has 0 saturated carbocycles. The summed E-state index contributed by atoms with van der Waals surface area (Å²) < 4.78 is 7.22. The van der Waals surface area contributed by atoms with Crippen LogP contribution in [0.25, 0.3) is 10.9 Å². The lowest BCUT2D eigenvalue weighted by atomic mass is 10.1. The number of nitrogens with one attached hydrogen (secondary N) is 1. The summed E-state index contributed by atoms with van der Waals surface area (Å²) in [7, 11) is 1.63. The van der Waals surface area contributed by atoms with Crippen LogP contribution in [-0.2, 0) is 6.54 Å². The van der Waals surface area contributed by atoms with Crippen molar-refractivity contribution in [3.05, 3.63) is 95.7 Å². The highest BCUT2D eigenvalue weighted by Gasteiger charge is 2.18. The first-order valence-electron chi connectivity index (χ1n) is 9.41. The highest BCUT2D eigenvalue weighted by Crippen LogP contribution is 2.25. The molecule has 3 aromatic carbocycles. The minimum absolute atomic E-state index is 0.0489. The highest BCUT2D eigenvalue weighted by molar-refractivity contribution is 6.14. The zero-order valence-corrected chi connectivity index (χ0v) is 16.3. The number of amides is 1. The van der Waals surface area contributed by atoms with Crippen molar-refractivity contribution in [3.8, 4) is 5.75 Å². The first kappa shape index (κ1) is 19.3. The molecule has 1 aromatic heterocycles. The molecule has 4 rings (SSSR count). The van der Waals surface area contributed by atoms with Gasteiger partial charge >= 0.3 is 5.97 Å². The first-order valence-corrected chi connectivity index (χ1v) is 9.41. The number of ether oxygens (including phenoxy) is 1. The molecule has 1 amide bonds. The van der Waals surface area contributed by atoms with E-state index in [2.05, 4.69) is 5.32 Å². The van der Waals surface area contributed by atoms with Crippen molar-refractivity contribution in [1.82, 2.24) is 4.57 Å². The van der Waals surface area contributed by atoms with Crippen LogP contribution in [0.1, 0.15) is 26.3 Å². The molecule has 0 aliphatic heterocycles. The number of carbonyl (C=O) groups is 2. The maximum absolute atomic E-state index is 13.0. The third-order valence-corrected chi connectivity index (χ3v) is 4.95. The van der Waals surface area contributed by atoms with Gasteiger partial charge in [-0.1, -0.05) is 42.5 Å². The molecular formula is C24H20N2O4. The molecule has 0 saturated heterocycles. The molecule has 6 heteroatoms. The SMILES string of the molecule is COc1ccc(Cn2cc(C(=O)Nc3ccccc3C(=O)O)c3ccccc32)cc1. The molecule has 4 aromatic rings. The van der Waals surface area contributed by atoms with E-state index in [9.17, 15) is 14.7 Å². The lowest BCUT2D eigenvalue weighted by molar-refractivity contribution is 0.0698. The lowest BCUT2D eigenvalue weighted by Crippen LogP contribution is -2.14. The van der Waals surface area contributed by atoms with Crippen molar-refractivity contribution in [3.63, 3.8) is 0 Å². The lowest BCUT2D eigenvalue weighted by Gasteiger charge is -2.07. The Balaban J connectivity index is 1.68. The molecule has 0 atom stereocenters. The quantitative estimate of drug-likeness (QED) is 0.494. The summed E-state index contributed by atoms with van der Waals surface area (Å²) in [5.74, 6) is -0.658. The zero-order chi connectivity index (χ0) is 21.1. The van der Waals surface area contributed by atoms with Crippen molar-refractivity contribution in [2.45, 2.75) is 6.54 Å². The Labute approximate surface area is 173 Å². The molecule has 0 aliphatic rings. The van der Waals surface area contributed by atoms with Gasteiger partial charge in [0.1, 0.15) is 5.75 Å². The second-order valence-corrected chi connectivity index (χ2v) is 6.84. The van der Waals surface area contributed by atoms with Crippen LogP contribution in [0.5, 0.6) is 5.75 Å². The van der Waals surface area contributed by atoms with Gasteiger partial charge in [0.05, 0.1) is 23.9 Å². The van der Waals surface area contributed by atoms with Gasteiger partial charge in [-0.3, -0.25) is 4.79 Å². The van der Waals surface area contributed by atoms with E-state index in [4.69, 9.17) is 4.74 Å². The van der Waals surface area contributed by atoms with E-state index in [0.717, 1.165) is 22.2 Å². The summed E-state index contributed by atoms with van der Waals surface area (Å²) in [5, 5.41) is 12.9. The second kappa shape index (κ2) is 8.13. The normalized spacial score (nSPS) is 10.7. The van der Waals surface area contributed by atoms with Gasteiger partial charge in [-0.2, -0.15) is 0 Å². The number of nitrogens with zero attached hydrogens (tertiary/aromatic N) is 1. The van der Waals surface area contributed by atoms with Crippen molar-refractivity contribution >= 4 is 28.5 Å². The van der Waals surface area contributed by atoms with E-state index < -0.39 is 5.97 Å². The summed E-state index contributed by atoms with van der Waals surface area (Å²) in [6, 6.07) is 21.8. The average molecular weight is 400 g/mol. The van der Waals surface area contributed by atoms with Gasteiger partial charge in [-0.25, -0.2) is 4.79 Å². The van der Waals surface area contributed by atoms with E-state index in [1.165, 1.54) is 6.07 Å². The van der Waals surface area contributed by atoms with Crippen LogP contribution in [0, 0.1) is 0 Å². The Bertz CT molecular complexity index is 1230. The van der Waals surface area contributed by atoms with Gasteiger partial charge in [0, 0.05) is 23.6 Å². The number of fused-ring (bicyclic) bond motifs is 1. The summed E-state index contributed by atoms with van der Waals surface area (Å²) in [6.45, 7) is 0.587. The number of carboxylic acid groups (broad SMARTS) is 1. The predicted octanol–water partition coefficient (Wildman–Crippen LogP) is 4.65. The van der Waals surface area contributed by atoms with Gasteiger partial charge in [0.15, 0.2) is 0 Å². The highest BCUT2D eigenvalue weighted by atomic mass is 16.5. The fraction of sp³-hybridized carbons (Fsp3) is 0.0833. The standard InChI is InChI=1S/C24H20N2O4/c1-30-17-12-10-16(11-13-17)14-26-15-20(18-6-3-5-9-22(18)26)23(27)25-21-8-4-2-7-19(21)24(28)29/h2-13,15H,14H2,1H3,(H,25,27)(H,28,29). The van der Waals surface area contributed by atoms with Crippen molar-refractivity contribution in [2.24, 2.45) is 0 Å². The Morgan fingerprint density at radius 3 is 2.37 bits per heavy atom. The van der Waals surface area contributed by atoms with Crippen LogP contribution in [0.3, 0.4) is 0 Å². The van der Waals surface area contributed by atoms with Crippen LogP contribution in [-0.4, -0.2) is 28.7 Å². The number of rotatable bonds is 6. The number of methoxy groups -OCH3 is 1. The third-order valence-electron chi connectivity index (χ3n) is 4.95. The smallest absolute Gasteiger partial charge is 0.337 e. The molecule has 0 spiro atoms. The minimum atomic E-state index is -1.09. The molecule has 0 bridgehead atoms. The Morgan fingerprint density at radius 2 is 1.63 bits per heavy atom. The van der Waals surface area contributed by atoms with Crippen molar-refractivity contribution < 1.29 is 19.4 Å². The van der Waals surface area contributed by atoms with Crippen LogP contribution in [0.15, 0.2) is 79.0 Å². The molecule has 30 heavy (non-hydrogen) atoms. The number of carboxylic acids is 1. The molecule has 0 aliphatic carbocycles. The van der Waals surface area contributed by atoms with Gasteiger partial charge in [0.25, 0.3) is 5.91 Å². The topological polar surface area (TPSA) is 80.6 Å². The van der Waals surface area contributed by atoms with E-state index in [-0.39, 0.29) is 17.2 Å². The van der Waals surface area contributed by atoms with Gasteiger partial charge in [-0.15, -0.1) is 0 Å². The van der Waals surface area contributed by atoms with Crippen molar-refractivity contribution in [1.29, 1.82) is 0 Å². The summed E-state index contributed by atoms with van der Waals surface area (Å²) in [6.07, 6.45) is 1.80. The fourth-order valence-corrected chi connectivity index (χ4v) is 3.45. The molecular weight excluding hydrogens is 380 g/mol. The molecule has 1 heterocycles.